The smallest absolute Gasteiger partial charge is 0.110 e. The average Bonchev–Trinajstić information content (AvgIpc) is 3.15. The summed E-state index contributed by atoms with van der Waals surface area (Å²) in [6, 6.07) is 24.2. The topological polar surface area (TPSA) is 52.5 Å². The van der Waals surface area contributed by atoms with E-state index >= 15 is 0 Å². The van der Waals surface area contributed by atoms with Crippen LogP contribution in [0.4, 0.5) is 0 Å². The van der Waals surface area contributed by atoms with Crippen LogP contribution in [0.1, 0.15) is 33.8 Å². The number of aryl methyl sites for hydroxylation is 1. The first kappa shape index (κ1) is 21.6. The quantitative estimate of drug-likeness (QED) is 0.389. The van der Waals surface area contributed by atoms with E-state index in [1.165, 1.54) is 16.7 Å². The molecule has 3 nitrogen and oxygen atoms in total. The highest BCUT2D eigenvalue weighted by atomic mass is 35.5. The van der Waals surface area contributed by atoms with E-state index in [4.69, 9.17) is 16.9 Å². The number of rotatable bonds is 5. The molecule has 0 bridgehead atoms. The maximum absolute atomic E-state index is 8.90. The number of aromatic amines is 1. The Morgan fingerprint density at radius 3 is 2.43 bits per heavy atom. The van der Waals surface area contributed by atoms with Crippen LogP contribution in [0.3, 0.4) is 0 Å². The molecular weight excluding hydrogens is 413 g/mol. The summed E-state index contributed by atoms with van der Waals surface area (Å²) in [6.07, 6.45) is 3.41. The molecule has 0 aliphatic carbocycles. The summed E-state index contributed by atoms with van der Waals surface area (Å²) in [5, 5.41) is 9.65. The number of H-pyrrole nitrogens is 1. The monoisotopic (exact) mass is 433 g/mol. The first-order valence-electron chi connectivity index (χ1n) is 9.48. The number of hydrogen-bond acceptors (Lipinski definition) is 2. The van der Waals surface area contributed by atoms with Crippen LogP contribution in [0.5, 0.6) is 0 Å². The second kappa shape index (κ2) is 9.63. The lowest BCUT2D eigenvalue weighted by atomic mass is 9.97. The molecule has 0 unspecified atom stereocenters. The lowest BCUT2D eigenvalue weighted by Crippen LogP contribution is -1.94. The second-order valence-electron chi connectivity index (χ2n) is 7.18. The van der Waals surface area contributed by atoms with Crippen LogP contribution in [0, 0.1) is 18.3 Å². The van der Waals surface area contributed by atoms with Crippen molar-refractivity contribution >= 4 is 24.0 Å². The molecule has 0 radical (unpaired) electrons. The van der Waals surface area contributed by atoms with Gasteiger partial charge in [-0.25, -0.2) is 4.98 Å². The van der Waals surface area contributed by atoms with Gasteiger partial charge in [-0.05, 0) is 59.0 Å². The van der Waals surface area contributed by atoms with Crippen LogP contribution < -0.4 is 0 Å². The van der Waals surface area contributed by atoms with E-state index in [0.29, 0.717) is 5.56 Å². The summed E-state index contributed by atoms with van der Waals surface area (Å²) < 4.78 is 0. The number of benzene rings is 3. The molecule has 0 amide bonds. The molecule has 4 rings (SSSR count). The molecule has 4 aromatic rings. The first-order chi connectivity index (χ1) is 14.1. The zero-order valence-electron chi connectivity index (χ0n) is 16.5. The van der Waals surface area contributed by atoms with E-state index in [0.717, 1.165) is 40.5 Å². The second-order valence-corrected chi connectivity index (χ2v) is 7.61. The van der Waals surface area contributed by atoms with E-state index in [-0.39, 0.29) is 12.4 Å². The van der Waals surface area contributed by atoms with Crippen LogP contribution in [0.15, 0.2) is 72.9 Å². The number of nitrogens with one attached hydrogen (secondary N) is 1. The van der Waals surface area contributed by atoms with Gasteiger partial charge in [-0.2, -0.15) is 5.26 Å². The fraction of sp³-hybridized carbons (Fsp3) is 0.120. The normalized spacial score (nSPS) is 10.3. The Bertz CT molecular complexity index is 1190. The van der Waals surface area contributed by atoms with Crippen molar-refractivity contribution in [3.05, 3.63) is 112 Å². The Morgan fingerprint density at radius 2 is 1.73 bits per heavy atom. The van der Waals surface area contributed by atoms with E-state index in [2.05, 4.69) is 47.2 Å². The van der Waals surface area contributed by atoms with Crippen molar-refractivity contribution in [2.24, 2.45) is 0 Å². The van der Waals surface area contributed by atoms with Gasteiger partial charge in [-0.15, -0.1) is 12.4 Å². The minimum Gasteiger partial charge on any atom is -0.345 e. The van der Waals surface area contributed by atoms with E-state index < -0.39 is 0 Å². The average molecular weight is 434 g/mol. The van der Waals surface area contributed by atoms with E-state index in [1.807, 2.05) is 48.7 Å². The molecule has 1 N–H and O–H groups in total. The van der Waals surface area contributed by atoms with Gasteiger partial charge in [0.25, 0.3) is 0 Å². The van der Waals surface area contributed by atoms with Crippen LogP contribution >= 0.6 is 24.0 Å². The van der Waals surface area contributed by atoms with Crippen molar-refractivity contribution in [2.45, 2.75) is 19.8 Å². The number of aromatic nitrogens is 2. The Morgan fingerprint density at radius 1 is 0.967 bits per heavy atom. The molecule has 150 valence electrons. The number of nitrogens with zero attached hydrogens (tertiary/aromatic N) is 2. The van der Waals surface area contributed by atoms with Crippen molar-refractivity contribution in [1.29, 1.82) is 5.26 Å². The Balaban J connectivity index is 0.00000256. The fourth-order valence-corrected chi connectivity index (χ4v) is 3.70. The number of halogens is 2. The maximum Gasteiger partial charge on any atom is 0.110 e. The molecule has 0 atom stereocenters. The zero-order chi connectivity index (χ0) is 20.2. The molecule has 1 heterocycles. The van der Waals surface area contributed by atoms with Crippen LogP contribution in [0.2, 0.25) is 5.02 Å². The predicted molar refractivity (Wildman–Crippen MR) is 124 cm³/mol. The lowest BCUT2D eigenvalue weighted by molar-refractivity contribution is 0.998. The van der Waals surface area contributed by atoms with Crippen molar-refractivity contribution in [3.8, 4) is 17.2 Å². The van der Waals surface area contributed by atoms with Gasteiger partial charge < -0.3 is 4.98 Å². The third-order valence-electron chi connectivity index (χ3n) is 4.96. The summed E-state index contributed by atoms with van der Waals surface area (Å²) in [5.74, 6) is 0.948. The molecule has 30 heavy (non-hydrogen) atoms. The minimum atomic E-state index is 0. The first-order valence-corrected chi connectivity index (χ1v) is 9.86. The third-order valence-corrected chi connectivity index (χ3v) is 5.19. The highest BCUT2D eigenvalue weighted by Crippen LogP contribution is 2.27. The predicted octanol–water partition coefficient (Wildman–Crippen LogP) is 6.51. The Hall–Kier alpha value is -3.06. The van der Waals surface area contributed by atoms with Crippen molar-refractivity contribution in [3.63, 3.8) is 0 Å². The van der Waals surface area contributed by atoms with Crippen molar-refractivity contribution in [2.75, 3.05) is 0 Å². The van der Waals surface area contributed by atoms with Crippen LogP contribution in [0.25, 0.3) is 11.1 Å². The van der Waals surface area contributed by atoms with Gasteiger partial charge in [0.1, 0.15) is 5.82 Å². The Kier molecular flexibility index (Phi) is 6.95. The molecule has 0 spiro atoms. The summed E-state index contributed by atoms with van der Waals surface area (Å²) in [7, 11) is 0. The van der Waals surface area contributed by atoms with Gasteiger partial charge in [0.05, 0.1) is 11.6 Å². The molecular formula is C25H21Cl2N3. The Labute approximate surface area is 187 Å². The maximum atomic E-state index is 8.90. The van der Waals surface area contributed by atoms with Gasteiger partial charge in [-0.3, -0.25) is 0 Å². The zero-order valence-corrected chi connectivity index (χ0v) is 18.1. The largest absolute Gasteiger partial charge is 0.345 e. The number of nitriles is 1. The molecule has 0 aliphatic rings. The third kappa shape index (κ3) is 5.10. The van der Waals surface area contributed by atoms with Gasteiger partial charge >= 0.3 is 0 Å². The summed E-state index contributed by atoms with van der Waals surface area (Å²) in [6.45, 7) is 2.12. The van der Waals surface area contributed by atoms with Gasteiger partial charge in [0, 0.05) is 29.8 Å². The number of imidazole rings is 1. The molecule has 0 saturated carbocycles. The standard InChI is InChI=1S/C25H20ClN3.ClH/c1-17-11-20(9-10-24(17)21-3-2-4-22(26)14-21)13-25-28-16-23(29-25)12-18-5-7-19(15-27)8-6-18;/h2-11,14,16H,12-13H2,1H3,(H,28,29);1H. The summed E-state index contributed by atoms with van der Waals surface area (Å²) in [5.41, 5.74) is 7.65. The molecule has 5 heteroatoms. The SMILES string of the molecule is Cc1cc(Cc2ncc(Cc3ccc(C#N)cc3)[nH]2)ccc1-c1cccc(Cl)c1.Cl. The highest BCUT2D eigenvalue weighted by Gasteiger charge is 2.07. The molecule has 0 fully saturated rings. The van der Waals surface area contributed by atoms with Crippen molar-refractivity contribution in [1.82, 2.24) is 9.97 Å². The fourth-order valence-electron chi connectivity index (χ4n) is 3.51. The van der Waals surface area contributed by atoms with Gasteiger partial charge in [0.2, 0.25) is 0 Å². The van der Waals surface area contributed by atoms with Crippen LogP contribution in [-0.2, 0) is 12.8 Å². The van der Waals surface area contributed by atoms with Crippen molar-refractivity contribution < 1.29 is 0 Å². The molecule has 0 saturated heterocycles. The summed E-state index contributed by atoms with van der Waals surface area (Å²) >= 11 is 6.13. The molecule has 0 aliphatic heterocycles. The molecule has 3 aromatic carbocycles. The molecule has 1 aromatic heterocycles. The summed E-state index contributed by atoms with van der Waals surface area (Å²) in [4.78, 5) is 7.96. The van der Waals surface area contributed by atoms with Gasteiger partial charge in [-0.1, -0.05) is 54.1 Å². The van der Waals surface area contributed by atoms with E-state index in [9.17, 15) is 0 Å². The van der Waals surface area contributed by atoms with Crippen LogP contribution in [-0.4, -0.2) is 9.97 Å². The lowest BCUT2D eigenvalue weighted by Gasteiger charge is -2.09. The highest BCUT2D eigenvalue weighted by molar-refractivity contribution is 6.30. The van der Waals surface area contributed by atoms with E-state index in [1.54, 1.807) is 0 Å². The number of hydrogen-bond donors (Lipinski definition) is 1. The van der Waals surface area contributed by atoms with Gasteiger partial charge in [0.15, 0.2) is 0 Å². The minimum absolute atomic E-state index is 0.